The molecule has 0 saturated heterocycles. The Bertz CT molecular complexity index is 1100. The van der Waals surface area contributed by atoms with Crippen molar-refractivity contribution in [1.29, 1.82) is 0 Å². The summed E-state index contributed by atoms with van der Waals surface area (Å²) in [4.78, 5) is 27.1. The number of fused-ring (bicyclic) bond motifs is 3. The average molecular weight is 491 g/mol. The van der Waals surface area contributed by atoms with E-state index in [4.69, 9.17) is 25.8 Å². The van der Waals surface area contributed by atoms with Crippen LogP contribution in [0, 0.1) is 5.92 Å². The lowest BCUT2D eigenvalue weighted by atomic mass is 10.0. The van der Waals surface area contributed by atoms with Crippen LogP contribution in [-0.2, 0) is 4.74 Å². The van der Waals surface area contributed by atoms with E-state index >= 15 is 0 Å². The van der Waals surface area contributed by atoms with Crippen molar-refractivity contribution in [2.24, 2.45) is 5.92 Å². The fourth-order valence-electron chi connectivity index (χ4n) is 3.77. The molecule has 2 heterocycles. The molecule has 7 nitrogen and oxygen atoms in total. The Balaban J connectivity index is 2.10. The molecule has 0 saturated carbocycles. The van der Waals surface area contributed by atoms with E-state index in [9.17, 15) is 9.59 Å². The predicted molar refractivity (Wildman–Crippen MR) is 136 cm³/mol. The smallest absolute Gasteiger partial charge is 0.414 e. The molecule has 0 N–H and O–H groups in total. The van der Waals surface area contributed by atoms with Crippen LogP contribution in [0.2, 0.25) is 5.02 Å². The van der Waals surface area contributed by atoms with Gasteiger partial charge in [-0.2, -0.15) is 0 Å². The molecule has 1 amide bonds. The maximum atomic E-state index is 13.2. The number of benzene rings is 1. The van der Waals surface area contributed by atoms with Gasteiger partial charge in [0.2, 0.25) is 5.43 Å². The first kappa shape index (κ1) is 25.9. The third-order valence-electron chi connectivity index (χ3n) is 5.69. The number of ether oxygens (including phenoxy) is 3. The zero-order valence-corrected chi connectivity index (χ0v) is 21.9. The van der Waals surface area contributed by atoms with Gasteiger partial charge >= 0.3 is 6.09 Å². The monoisotopic (exact) mass is 490 g/mol. The van der Waals surface area contributed by atoms with Crippen LogP contribution in [-0.4, -0.2) is 36.5 Å². The van der Waals surface area contributed by atoms with Gasteiger partial charge in [0, 0.05) is 30.9 Å². The number of pyridine rings is 1. The van der Waals surface area contributed by atoms with E-state index in [1.165, 1.54) is 11.0 Å². The summed E-state index contributed by atoms with van der Waals surface area (Å²) >= 11 is 6.55. The molecule has 1 atom stereocenters. The van der Waals surface area contributed by atoms with Gasteiger partial charge in [-0.3, -0.25) is 9.69 Å². The van der Waals surface area contributed by atoms with Crippen molar-refractivity contribution in [2.45, 2.75) is 66.0 Å². The first-order valence-corrected chi connectivity index (χ1v) is 12.1. The minimum Gasteiger partial charge on any atom is -0.492 e. The van der Waals surface area contributed by atoms with Crippen molar-refractivity contribution in [2.75, 3.05) is 25.2 Å². The van der Waals surface area contributed by atoms with Crippen molar-refractivity contribution in [1.82, 2.24) is 4.57 Å². The molecule has 0 unspecified atom stereocenters. The van der Waals surface area contributed by atoms with Crippen molar-refractivity contribution in [3.8, 4) is 22.8 Å². The fraction of sp³-hybridized carbons (Fsp3) is 0.538. The van der Waals surface area contributed by atoms with Crippen LogP contribution in [0.15, 0.2) is 29.2 Å². The van der Waals surface area contributed by atoms with Gasteiger partial charge in [0.25, 0.3) is 0 Å². The molecule has 8 heteroatoms. The second-order valence-electron chi connectivity index (χ2n) is 9.96. The Kier molecular flexibility index (Phi) is 7.86. The van der Waals surface area contributed by atoms with Crippen LogP contribution in [0.4, 0.5) is 10.5 Å². The Morgan fingerprint density at radius 2 is 2.00 bits per heavy atom. The number of carbonyl (C=O) groups is 1. The number of amides is 1. The maximum Gasteiger partial charge on any atom is 0.414 e. The minimum atomic E-state index is -0.672. The molecule has 1 aliphatic heterocycles. The van der Waals surface area contributed by atoms with Gasteiger partial charge in [0.05, 0.1) is 23.4 Å². The number of aromatic nitrogens is 1. The topological polar surface area (TPSA) is 70.0 Å². The number of unbranched alkanes of at least 4 members (excludes halogenated alkanes) is 1. The molecule has 1 aliphatic rings. The summed E-state index contributed by atoms with van der Waals surface area (Å²) in [5.74, 6) is 1.37. The lowest BCUT2D eigenvalue weighted by molar-refractivity contribution is 0.0589. The Morgan fingerprint density at radius 1 is 1.29 bits per heavy atom. The predicted octanol–water partition coefficient (Wildman–Crippen LogP) is 6.31. The summed E-state index contributed by atoms with van der Waals surface area (Å²) < 4.78 is 19.5. The first-order chi connectivity index (χ1) is 15.9. The second-order valence-corrected chi connectivity index (χ2v) is 10.4. The van der Waals surface area contributed by atoms with Crippen molar-refractivity contribution in [3.05, 3.63) is 39.6 Å². The zero-order valence-electron chi connectivity index (χ0n) is 21.1. The molecule has 0 spiro atoms. The van der Waals surface area contributed by atoms with Crippen LogP contribution < -0.4 is 19.8 Å². The highest BCUT2D eigenvalue weighted by Gasteiger charge is 2.29. The molecule has 3 rings (SSSR count). The summed E-state index contributed by atoms with van der Waals surface area (Å²) in [5.41, 5.74) is 0.653. The molecule has 0 bridgehead atoms. The van der Waals surface area contributed by atoms with Crippen molar-refractivity contribution < 1.29 is 19.0 Å². The van der Waals surface area contributed by atoms with Gasteiger partial charge in [-0.1, -0.05) is 38.8 Å². The van der Waals surface area contributed by atoms with Gasteiger partial charge in [-0.15, -0.1) is 0 Å². The number of nitrogens with zero attached hydrogens (tertiary/aromatic N) is 2. The van der Waals surface area contributed by atoms with E-state index in [-0.39, 0.29) is 23.1 Å². The van der Waals surface area contributed by atoms with Crippen LogP contribution in [0.25, 0.3) is 11.3 Å². The third kappa shape index (κ3) is 5.69. The van der Waals surface area contributed by atoms with E-state index in [2.05, 4.69) is 20.8 Å². The standard InChI is InChI=1S/C26H35ClN2O5/c1-8-9-10-32-24-13-23-17(11-18(24)27)19-12-22(30)20(28(7)25(31)34-26(4,5)6)14-29(19)21(15-33-23)16(2)3/h11-14,16,21H,8-10,15H2,1-7H3/t21-/m0/s1. The van der Waals surface area contributed by atoms with Gasteiger partial charge < -0.3 is 18.8 Å². The summed E-state index contributed by atoms with van der Waals surface area (Å²) in [5, 5.41) is 0.454. The third-order valence-corrected chi connectivity index (χ3v) is 5.99. The maximum absolute atomic E-state index is 13.2. The quantitative estimate of drug-likeness (QED) is 0.444. The van der Waals surface area contributed by atoms with Gasteiger partial charge in [0.15, 0.2) is 0 Å². The van der Waals surface area contributed by atoms with E-state index in [1.54, 1.807) is 46.1 Å². The molecule has 34 heavy (non-hydrogen) atoms. The van der Waals surface area contributed by atoms with Crippen LogP contribution in [0.5, 0.6) is 11.5 Å². The highest BCUT2D eigenvalue weighted by Crippen LogP contribution is 2.42. The van der Waals surface area contributed by atoms with E-state index in [0.29, 0.717) is 41.0 Å². The molecular weight excluding hydrogens is 456 g/mol. The number of carbonyl (C=O) groups excluding carboxylic acids is 1. The van der Waals surface area contributed by atoms with Crippen molar-refractivity contribution >= 4 is 23.4 Å². The number of rotatable bonds is 6. The van der Waals surface area contributed by atoms with E-state index in [1.807, 2.05) is 4.57 Å². The Labute approximate surface area is 206 Å². The van der Waals surface area contributed by atoms with E-state index in [0.717, 1.165) is 12.8 Å². The summed E-state index contributed by atoms with van der Waals surface area (Å²) in [6.07, 6.45) is 3.07. The Morgan fingerprint density at radius 3 is 2.62 bits per heavy atom. The molecule has 186 valence electrons. The average Bonchev–Trinajstić information content (AvgIpc) is 2.88. The highest BCUT2D eigenvalue weighted by molar-refractivity contribution is 6.32. The van der Waals surface area contributed by atoms with Gasteiger partial charge in [-0.25, -0.2) is 4.79 Å². The van der Waals surface area contributed by atoms with Crippen LogP contribution >= 0.6 is 11.6 Å². The molecule has 2 aromatic rings. The summed E-state index contributed by atoms with van der Waals surface area (Å²) in [7, 11) is 1.54. The summed E-state index contributed by atoms with van der Waals surface area (Å²) in [6, 6.07) is 5.04. The number of anilines is 1. The minimum absolute atomic E-state index is 0.0722. The lowest BCUT2D eigenvalue weighted by Crippen LogP contribution is -2.37. The molecule has 0 radical (unpaired) electrons. The van der Waals surface area contributed by atoms with Gasteiger partial charge in [0.1, 0.15) is 29.4 Å². The first-order valence-electron chi connectivity index (χ1n) is 11.7. The molecule has 1 aromatic carbocycles. The lowest BCUT2D eigenvalue weighted by Gasteiger charge is -2.28. The zero-order chi connectivity index (χ0) is 25.2. The van der Waals surface area contributed by atoms with E-state index < -0.39 is 11.7 Å². The molecule has 0 aliphatic carbocycles. The molecular formula is C26H35ClN2O5. The SMILES string of the molecule is CCCCOc1cc2c(cc1Cl)-c1cc(=O)c(N(C)C(=O)OC(C)(C)C)cn1[C@H](C(C)C)CO2. The fourth-order valence-corrected chi connectivity index (χ4v) is 3.99. The summed E-state index contributed by atoms with van der Waals surface area (Å²) in [6.45, 7) is 12.6. The van der Waals surface area contributed by atoms with Gasteiger partial charge in [-0.05, 0) is 39.2 Å². The Hall–Kier alpha value is -2.67. The van der Waals surface area contributed by atoms with Crippen molar-refractivity contribution in [3.63, 3.8) is 0 Å². The molecule has 1 aromatic heterocycles. The van der Waals surface area contributed by atoms with Crippen LogP contribution in [0.3, 0.4) is 0 Å². The normalized spacial score (nSPS) is 15.1. The highest BCUT2D eigenvalue weighted by atomic mass is 35.5. The largest absolute Gasteiger partial charge is 0.492 e. The number of hydrogen-bond acceptors (Lipinski definition) is 5. The number of halogens is 1. The molecule has 0 fully saturated rings. The number of hydrogen-bond donors (Lipinski definition) is 0. The van der Waals surface area contributed by atoms with Crippen LogP contribution in [0.1, 0.15) is 60.4 Å². The second kappa shape index (κ2) is 10.3.